The van der Waals surface area contributed by atoms with Crippen molar-refractivity contribution < 1.29 is 13.6 Å². The van der Waals surface area contributed by atoms with Gasteiger partial charge in [0, 0.05) is 14.2 Å². The van der Waals surface area contributed by atoms with Crippen LogP contribution in [0, 0.1) is 0 Å². The number of nitrogens with zero attached hydrogens (tertiary/aromatic N) is 1. The van der Waals surface area contributed by atoms with Crippen molar-refractivity contribution in [2.75, 3.05) is 14.2 Å². The van der Waals surface area contributed by atoms with Gasteiger partial charge in [0.25, 0.3) is 0 Å². The highest BCUT2D eigenvalue weighted by Crippen LogP contribution is 2.18. The second kappa shape index (κ2) is 5.21. The molecule has 0 aliphatic heterocycles. The molecule has 0 fully saturated rings. The van der Waals surface area contributed by atoms with Crippen molar-refractivity contribution in [3.8, 4) is 0 Å². The number of hydrogen-bond acceptors (Lipinski definition) is 4. The Kier molecular flexibility index (Phi) is 5.00. The molecule has 0 N–H and O–H groups in total. The number of isocyanates is 1. The van der Waals surface area contributed by atoms with Crippen LogP contribution in [-0.4, -0.2) is 34.7 Å². The van der Waals surface area contributed by atoms with E-state index in [0.717, 1.165) is 6.42 Å². The minimum atomic E-state index is -1.87. The lowest BCUT2D eigenvalue weighted by Gasteiger charge is -2.26. The Morgan fingerprint density at radius 3 is 2.25 bits per heavy atom. The first-order valence-electron chi connectivity index (χ1n) is 3.79. The van der Waals surface area contributed by atoms with Gasteiger partial charge in [-0.15, -0.1) is 0 Å². The van der Waals surface area contributed by atoms with E-state index in [1.54, 1.807) is 20.3 Å². The number of aliphatic imine (C=N–C) groups is 1. The van der Waals surface area contributed by atoms with E-state index in [0.29, 0.717) is 0 Å². The lowest BCUT2D eigenvalue weighted by atomic mass is 10.3. The average Bonchev–Trinajstić information content (AvgIpc) is 2.07. The van der Waals surface area contributed by atoms with Crippen molar-refractivity contribution in [1.29, 1.82) is 0 Å². The Hall–Kier alpha value is -0.483. The summed E-state index contributed by atoms with van der Waals surface area (Å²) in [5.41, 5.74) is 0. The van der Waals surface area contributed by atoms with Crippen molar-refractivity contribution in [3.63, 3.8) is 0 Å². The molecule has 70 valence electrons. The molecule has 12 heavy (non-hydrogen) atoms. The molecule has 0 aliphatic rings. The van der Waals surface area contributed by atoms with Crippen LogP contribution in [0.5, 0.6) is 0 Å². The highest BCUT2D eigenvalue weighted by molar-refractivity contribution is 6.48. The van der Waals surface area contributed by atoms with E-state index >= 15 is 0 Å². The van der Waals surface area contributed by atoms with Gasteiger partial charge in [-0.05, 0) is 13.3 Å². The zero-order chi connectivity index (χ0) is 9.61. The zero-order valence-corrected chi connectivity index (χ0v) is 9.11. The lowest BCUT2D eigenvalue weighted by Crippen LogP contribution is -2.44. The van der Waals surface area contributed by atoms with Crippen molar-refractivity contribution in [2.45, 2.75) is 25.4 Å². The van der Waals surface area contributed by atoms with Crippen molar-refractivity contribution in [2.24, 2.45) is 4.99 Å². The van der Waals surface area contributed by atoms with Gasteiger partial charge in [0.1, 0.15) is 5.16 Å². The molecule has 1 atom stereocenters. The first-order chi connectivity index (χ1) is 5.64. The summed E-state index contributed by atoms with van der Waals surface area (Å²) < 4.78 is 10.3. The monoisotopic (exact) mass is 189 g/mol. The second-order valence-corrected chi connectivity index (χ2v) is 5.57. The van der Waals surface area contributed by atoms with E-state index in [1.165, 1.54) is 0 Å². The highest BCUT2D eigenvalue weighted by atomic mass is 28.3. The van der Waals surface area contributed by atoms with Gasteiger partial charge < -0.3 is 8.85 Å². The third kappa shape index (κ3) is 2.53. The molecule has 0 aromatic heterocycles. The Morgan fingerprint density at radius 1 is 1.50 bits per heavy atom. The highest BCUT2D eigenvalue weighted by Gasteiger charge is 2.36. The maximum absolute atomic E-state index is 10.1. The van der Waals surface area contributed by atoms with Crippen LogP contribution < -0.4 is 0 Å². The van der Waals surface area contributed by atoms with E-state index in [4.69, 9.17) is 8.85 Å². The second-order valence-electron chi connectivity index (χ2n) is 2.72. The summed E-state index contributed by atoms with van der Waals surface area (Å²) in [6.07, 6.45) is 2.28. The zero-order valence-electron chi connectivity index (χ0n) is 7.96. The standard InChI is InChI=1S/C7H15NO3Si/c1-5-7(2,8-6-9)12(10-3)11-4/h12H,5H2,1-4H3. The Labute approximate surface area is 74.4 Å². The summed E-state index contributed by atoms with van der Waals surface area (Å²) in [5, 5.41) is -0.495. The first kappa shape index (κ1) is 11.5. The molecule has 4 nitrogen and oxygen atoms in total. The largest absolute Gasteiger partial charge is 0.399 e. The molecule has 0 amide bonds. The quantitative estimate of drug-likeness (QED) is 0.360. The van der Waals surface area contributed by atoms with Gasteiger partial charge in [-0.2, -0.15) is 4.99 Å². The SMILES string of the molecule is CCC(C)(N=C=O)[SiH](OC)OC. The fraction of sp³-hybridized carbons (Fsp3) is 0.857. The number of hydrogen-bond donors (Lipinski definition) is 0. The van der Waals surface area contributed by atoms with Crippen LogP contribution >= 0.6 is 0 Å². The molecule has 0 aromatic rings. The molecule has 0 saturated heterocycles. The van der Waals surface area contributed by atoms with Gasteiger partial charge in [0.05, 0.1) is 0 Å². The molecular formula is C7H15NO3Si. The van der Waals surface area contributed by atoms with E-state index < -0.39 is 14.4 Å². The first-order valence-corrected chi connectivity index (χ1v) is 5.31. The maximum atomic E-state index is 10.1. The Balaban J connectivity index is 4.57. The molecule has 0 rings (SSSR count). The van der Waals surface area contributed by atoms with Crippen molar-refractivity contribution in [1.82, 2.24) is 0 Å². The predicted octanol–water partition coefficient (Wildman–Crippen LogP) is 0.543. The van der Waals surface area contributed by atoms with E-state index in [9.17, 15) is 4.79 Å². The van der Waals surface area contributed by atoms with Crippen LogP contribution in [-0.2, 0) is 13.6 Å². The molecule has 1 unspecified atom stereocenters. The van der Waals surface area contributed by atoms with E-state index in [1.807, 2.05) is 13.8 Å². The molecule has 0 heterocycles. The van der Waals surface area contributed by atoms with Crippen molar-refractivity contribution in [3.05, 3.63) is 0 Å². The third-order valence-corrected chi connectivity index (χ3v) is 4.36. The van der Waals surface area contributed by atoms with Gasteiger partial charge in [-0.3, -0.25) is 0 Å². The molecule has 0 aromatic carbocycles. The van der Waals surface area contributed by atoms with Crippen LogP contribution in [0.2, 0.25) is 0 Å². The fourth-order valence-electron chi connectivity index (χ4n) is 1.01. The predicted molar refractivity (Wildman–Crippen MR) is 48.0 cm³/mol. The summed E-state index contributed by atoms with van der Waals surface area (Å²) in [7, 11) is 1.29. The summed E-state index contributed by atoms with van der Waals surface area (Å²) in [5.74, 6) is 0. The van der Waals surface area contributed by atoms with Crippen LogP contribution in [0.4, 0.5) is 0 Å². The molecular weight excluding hydrogens is 174 g/mol. The lowest BCUT2D eigenvalue weighted by molar-refractivity contribution is 0.244. The third-order valence-electron chi connectivity index (χ3n) is 1.95. The van der Waals surface area contributed by atoms with Gasteiger partial charge in [-0.1, -0.05) is 6.92 Å². The van der Waals surface area contributed by atoms with Gasteiger partial charge in [-0.25, -0.2) is 4.79 Å². The smallest absolute Gasteiger partial charge is 0.350 e. The summed E-state index contributed by atoms with van der Waals surface area (Å²) in [4.78, 5) is 13.9. The molecule has 0 aliphatic carbocycles. The van der Waals surface area contributed by atoms with E-state index in [-0.39, 0.29) is 0 Å². The Morgan fingerprint density at radius 2 is 2.00 bits per heavy atom. The van der Waals surface area contributed by atoms with Crippen molar-refractivity contribution >= 4 is 15.4 Å². The normalized spacial score (nSPS) is 15.4. The molecule has 0 bridgehead atoms. The van der Waals surface area contributed by atoms with Crippen LogP contribution in [0.15, 0.2) is 4.99 Å². The summed E-state index contributed by atoms with van der Waals surface area (Å²) in [6, 6.07) is 0. The number of rotatable bonds is 5. The molecule has 5 heteroatoms. The van der Waals surface area contributed by atoms with Gasteiger partial charge in [0.15, 0.2) is 0 Å². The summed E-state index contributed by atoms with van der Waals surface area (Å²) >= 11 is 0. The number of carbonyl (C=O) groups excluding carboxylic acids is 1. The molecule has 0 saturated carbocycles. The minimum absolute atomic E-state index is 0.495. The van der Waals surface area contributed by atoms with Crippen LogP contribution in [0.25, 0.3) is 0 Å². The molecule has 0 spiro atoms. The van der Waals surface area contributed by atoms with Gasteiger partial charge in [0.2, 0.25) is 6.08 Å². The summed E-state index contributed by atoms with van der Waals surface area (Å²) in [6.45, 7) is 3.79. The average molecular weight is 189 g/mol. The topological polar surface area (TPSA) is 47.9 Å². The van der Waals surface area contributed by atoms with E-state index in [2.05, 4.69) is 4.99 Å². The molecule has 0 radical (unpaired) electrons. The van der Waals surface area contributed by atoms with Crippen LogP contribution in [0.1, 0.15) is 20.3 Å². The van der Waals surface area contributed by atoms with Crippen LogP contribution in [0.3, 0.4) is 0 Å². The van der Waals surface area contributed by atoms with Gasteiger partial charge >= 0.3 is 9.28 Å². The Bertz CT molecular complexity index is 177. The fourth-order valence-corrected chi connectivity index (χ4v) is 2.71. The maximum Gasteiger partial charge on any atom is 0.350 e. The minimum Gasteiger partial charge on any atom is -0.399 e.